The Morgan fingerprint density at radius 3 is 2.62 bits per heavy atom. The first-order valence-corrected chi connectivity index (χ1v) is 7.28. The summed E-state index contributed by atoms with van der Waals surface area (Å²) in [6, 6.07) is 6.01. The van der Waals surface area contributed by atoms with Gasteiger partial charge in [-0.2, -0.15) is 0 Å². The van der Waals surface area contributed by atoms with Gasteiger partial charge in [0.1, 0.15) is 18.5 Å². The van der Waals surface area contributed by atoms with Gasteiger partial charge in [0.2, 0.25) is 0 Å². The van der Waals surface area contributed by atoms with Crippen LogP contribution in [0.5, 0.6) is 5.75 Å². The first kappa shape index (κ1) is 17.9. The zero-order valence-electron chi connectivity index (χ0n) is 13.1. The predicted octanol–water partition coefficient (Wildman–Crippen LogP) is 1.03. The number of hydrogen-bond acceptors (Lipinski definition) is 5. The monoisotopic (exact) mass is 297 g/mol. The van der Waals surface area contributed by atoms with Crippen LogP contribution >= 0.6 is 0 Å². The summed E-state index contributed by atoms with van der Waals surface area (Å²) in [5.74, 6) is 0.810. The third-order valence-electron chi connectivity index (χ3n) is 3.17. The first-order chi connectivity index (χ1) is 10.0. The van der Waals surface area contributed by atoms with Crippen LogP contribution in [0.25, 0.3) is 0 Å². The fraction of sp³-hybridized carbons (Fsp3) is 0.625. The molecule has 2 atom stereocenters. The van der Waals surface area contributed by atoms with E-state index in [4.69, 9.17) is 9.47 Å². The molecule has 5 heteroatoms. The molecule has 21 heavy (non-hydrogen) atoms. The van der Waals surface area contributed by atoms with Crippen LogP contribution < -0.4 is 10.1 Å². The Morgan fingerprint density at radius 2 is 1.90 bits per heavy atom. The number of ether oxygens (including phenoxy) is 2. The number of aryl methyl sites for hydroxylation is 2. The molecule has 0 amide bonds. The number of benzene rings is 1. The second kappa shape index (κ2) is 9.73. The fourth-order valence-electron chi connectivity index (χ4n) is 1.92. The Hall–Kier alpha value is -1.14. The molecule has 0 saturated carbocycles. The molecular weight excluding hydrogens is 270 g/mol. The molecule has 0 heterocycles. The second-order valence-electron chi connectivity index (χ2n) is 5.34. The van der Waals surface area contributed by atoms with Crippen LogP contribution in [-0.2, 0) is 4.74 Å². The maximum Gasteiger partial charge on any atom is 0.122 e. The molecule has 0 radical (unpaired) electrons. The maximum absolute atomic E-state index is 9.86. The number of nitrogens with one attached hydrogen (secondary N) is 1. The van der Waals surface area contributed by atoms with E-state index < -0.39 is 12.2 Å². The first-order valence-electron chi connectivity index (χ1n) is 7.28. The zero-order valence-corrected chi connectivity index (χ0v) is 13.1. The van der Waals surface area contributed by atoms with Crippen molar-refractivity contribution in [2.45, 2.75) is 32.5 Å². The highest BCUT2D eigenvalue weighted by molar-refractivity contribution is 5.35. The molecule has 0 fully saturated rings. The SMILES string of the molecule is COCC(O)CCNCC(O)COc1cc(C)ccc1C. The fourth-order valence-corrected chi connectivity index (χ4v) is 1.92. The lowest BCUT2D eigenvalue weighted by atomic mass is 10.1. The molecule has 120 valence electrons. The van der Waals surface area contributed by atoms with Crippen molar-refractivity contribution in [2.75, 3.05) is 33.4 Å². The Morgan fingerprint density at radius 1 is 1.14 bits per heavy atom. The maximum atomic E-state index is 9.86. The molecule has 0 aromatic heterocycles. The highest BCUT2D eigenvalue weighted by Gasteiger charge is 2.08. The van der Waals surface area contributed by atoms with Gasteiger partial charge >= 0.3 is 0 Å². The van der Waals surface area contributed by atoms with Crippen molar-refractivity contribution >= 4 is 0 Å². The third kappa shape index (κ3) is 7.43. The van der Waals surface area contributed by atoms with E-state index in [9.17, 15) is 10.2 Å². The Kier molecular flexibility index (Phi) is 8.30. The Bertz CT molecular complexity index is 411. The van der Waals surface area contributed by atoms with Crippen molar-refractivity contribution in [3.63, 3.8) is 0 Å². The standard InChI is InChI=1S/C16H27NO4/c1-12-4-5-13(2)16(8-12)21-11-15(19)9-17-7-6-14(18)10-20-3/h4-5,8,14-15,17-19H,6-7,9-11H2,1-3H3. The zero-order chi connectivity index (χ0) is 15.7. The molecule has 0 saturated heterocycles. The molecule has 0 aliphatic rings. The van der Waals surface area contributed by atoms with Crippen LogP contribution in [-0.4, -0.2) is 55.8 Å². The molecule has 0 aliphatic heterocycles. The highest BCUT2D eigenvalue weighted by Crippen LogP contribution is 2.19. The summed E-state index contributed by atoms with van der Waals surface area (Å²) in [4.78, 5) is 0. The van der Waals surface area contributed by atoms with E-state index >= 15 is 0 Å². The summed E-state index contributed by atoms with van der Waals surface area (Å²) in [6.07, 6.45) is -0.450. The number of aliphatic hydroxyl groups excluding tert-OH is 2. The van der Waals surface area contributed by atoms with Crippen molar-refractivity contribution in [3.8, 4) is 5.75 Å². The summed E-state index contributed by atoms with van der Waals surface area (Å²) >= 11 is 0. The van der Waals surface area contributed by atoms with E-state index in [1.54, 1.807) is 7.11 Å². The van der Waals surface area contributed by atoms with E-state index in [-0.39, 0.29) is 6.61 Å². The highest BCUT2D eigenvalue weighted by atomic mass is 16.5. The van der Waals surface area contributed by atoms with Crippen LogP contribution in [0.1, 0.15) is 17.5 Å². The average molecular weight is 297 g/mol. The minimum Gasteiger partial charge on any atom is -0.491 e. The van der Waals surface area contributed by atoms with Gasteiger partial charge in [-0.3, -0.25) is 0 Å². The molecule has 3 N–H and O–H groups in total. The molecule has 1 aromatic rings. The van der Waals surface area contributed by atoms with Gasteiger partial charge in [-0.25, -0.2) is 0 Å². The van der Waals surface area contributed by atoms with E-state index in [1.807, 2.05) is 32.0 Å². The lowest BCUT2D eigenvalue weighted by molar-refractivity contribution is 0.0577. The average Bonchev–Trinajstić information content (AvgIpc) is 2.45. The van der Waals surface area contributed by atoms with E-state index in [0.717, 1.165) is 16.9 Å². The van der Waals surface area contributed by atoms with Crippen LogP contribution in [0.15, 0.2) is 18.2 Å². The topological polar surface area (TPSA) is 71.0 Å². The Balaban J connectivity index is 2.19. The van der Waals surface area contributed by atoms with Crippen molar-refractivity contribution in [1.29, 1.82) is 0 Å². The number of methoxy groups -OCH3 is 1. The summed E-state index contributed by atoms with van der Waals surface area (Å²) < 4.78 is 10.5. The van der Waals surface area contributed by atoms with Gasteiger partial charge in [-0.05, 0) is 44.0 Å². The van der Waals surface area contributed by atoms with Gasteiger partial charge in [-0.1, -0.05) is 12.1 Å². The molecule has 5 nitrogen and oxygen atoms in total. The molecule has 0 spiro atoms. The second-order valence-corrected chi connectivity index (χ2v) is 5.34. The van der Waals surface area contributed by atoms with Gasteiger partial charge in [0.15, 0.2) is 0 Å². The van der Waals surface area contributed by atoms with Crippen molar-refractivity contribution in [2.24, 2.45) is 0 Å². The lowest BCUT2D eigenvalue weighted by Crippen LogP contribution is -2.33. The molecule has 1 rings (SSSR count). The van der Waals surface area contributed by atoms with Crippen molar-refractivity contribution in [1.82, 2.24) is 5.32 Å². The molecule has 0 bridgehead atoms. The van der Waals surface area contributed by atoms with Gasteiger partial charge < -0.3 is 25.0 Å². The summed E-state index contributed by atoms with van der Waals surface area (Å²) in [5, 5.41) is 22.4. The van der Waals surface area contributed by atoms with Crippen LogP contribution in [0, 0.1) is 13.8 Å². The van der Waals surface area contributed by atoms with E-state index in [2.05, 4.69) is 5.32 Å². The lowest BCUT2D eigenvalue weighted by Gasteiger charge is -2.15. The number of hydrogen-bond donors (Lipinski definition) is 3. The molecule has 2 unspecified atom stereocenters. The van der Waals surface area contributed by atoms with Crippen LogP contribution in [0.3, 0.4) is 0 Å². The quantitative estimate of drug-likeness (QED) is 0.563. The smallest absolute Gasteiger partial charge is 0.122 e. The largest absolute Gasteiger partial charge is 0.491 e. The van der Waals surface area contributed by atoms with Crippen molar-refractivity contribution in [3.05, 3.63) is 29.3 Å². The number of rotatable bonds is 10. The molecule has 0 aliphatic carbocycles. The Labute approximate surface area is 126 Å². The summed E-state index contributed by atoms with van der Waals surface area (Å²) in [7, 11) is 1.56. The summed E-state index contributed by atoms with van der Waals surface area (Å²) in [5.41, 5.74) is 2.19. The normalized spacial score (nSPS) is 14.0. The van der Waals surface area contributed by atoms with E-state index in [0.29, 0.717) is 26.1 Å². The number of aliphatic hydroxyl groups is 2. The minimum atomic E-state index is -0.579. The van der Waals surface area contributed by atoms with Crippen molar-refractivity contribution < 1.29 is 19.7 Å². The van der Waals surface area contributed by atoms with Crippen LogP contribution in [0.4, 0.5) is 0 Å². The summed E-state index contributed by atoms with van der Waals surface area (Å²) in [6.45, 7) is 5.64. The van der Waals surface area contributed by atoms with Crippen LogP contribution in [0.2, 0.25) is 0 Å². The van der Waals surface area contributed by atoms with Gasteiger partial charge in [0.25, 0.3) is 0 Å². The molecule has 1 aromatic carbocycles. The predicted molar refractivity (Wildman–Crippen MR) is 82.8 cm³/mol. The van der Waals surface area contributed by atoms with Gasteiger partial charge in [0, 0.05) is 13.7 Å². The van der Waals surface area contributed by atoms with Gasteiger partial charge in [0.05, 0.1) is 12.7 Å². The minimum absolute atomic E-state index is 0.248. The van der Waals surface area contributed by atoms with E-state index in [1.165, 1.54) is 0 Å². The van der Waals surface area contributed by atoms with Gasteiger partial charge in [-0.15, -0.1) is 0 Å². The third-order valence-corrected chi connectivity index (χ3v) is 3.17. The molecular formula is C16H27NO4.